The second-order valence-corrected chi connectivity index (χ2v) is 5.83. The van der Waals surface area contributed by atoms with Gasteiger partial charge in [-0.2, -0.15) is 10.2 Å². The van der Waals surface area contributed by atoms with Gasteiger partial charge in [0.1, 0.15) is 11.3 Å². The van der Waals surface area contributed by atoms with Crippen LogP contribution in [0.2, 0.25) is 0 Å². The van der Waals surface area contributed by atoms with Crippen molar-refractivity contribution in [3.05, 3.63) is 88.2 Å². The molecule has 5 nitrogen and oxygen atoms in total. The Balaban J connectivity index is 1.88. The van der Waals surface area contributed by atoms with Gasteiger partial charge in [0.2, 0.25) is 0 Å². The molecule has 0 aliphatic rings. The monoisotopic (exact) mass is 334 g/mol. The molecule has 0 fully saturated rings. The molecule has 2 aromatic carbocycles. The number of benzene rings is 2. The lowest BCUT2D eigenvalue weighted by atomic mass is 10.2. The van der Waals surface area contributed by atoms with Gasteiger partial charge in [0.05, 0.1) is 24.1 Å². The van der Waals surface area contributed by atoms with Crippen molar-refractivity contribution in [3.63, 3.8) is 0 Å². The summed E-state index contributed by atoms with van der Waals surface area (Å²) in [6.07, 6.45) is 1.66. The van der Waals surface area contributed by atoms with E-state index >= 15 is 0 Å². The molecule has 25 heavy (non-hydrogen) atoms. The van der Waals surface area contributed by atoms with E-state index in [1.54, 1.807) is 23.0 Å². The van der Waals surface area contributed by atoms with Crippen LogP contribution in [-0.2, 0) is 6.54 Å². The lowest BCUT2D eigenvalue weighted by Crippen LogP contribution is -2.26. The molecule has 2 heterocycles. The maximum Gasteiger partial charge on any atom is 0.293 e. The van der Waals surface area contributed by atoms with Gasteiger partial charge in [-0.25, -0.2) is 13.8 Å². The highest BCUT2D eigenvalue weighted by atomic mass is 19.1. The van der Waals surface area contributed by atoms with Gasteiger partial charge in [0.25, 0.3) is 5.56 Å². The fourth-order valence-corrected chi connectivity index (χ4v) is 2.86. The third-order valence-corrected chi connectivity index (χ3v) is 4.11. The lowest BCUT2D eigenvalue weighted by Gasteiger charge is -2.09. The highest BCUT2D eigenvalue weighted by molar-refractivity contribution is 5.81. The number of halogens is 1. The number of hydrogen-bond donors (Lipinski definition) is 0. The number of aromatic nitrogens is 4. The minimum Gasteiger partial charge on any atom is -0.265 e. The smallest absolute Gasteiger partial charge is 0.265 e. The van der Waals surface area contributed by atoms with E-state index in [0.717, 1.165) is 22.3 Å². The van der Waals surface area contributed by atoms with E-state index in [-0.39, 0.29) is 17.9 Å². The minimum atomic E-state index is -0.308. The molecule has 4 aromatic rings. The molecule has 0 saturated heterocycles. The number of para-hydroxylation sites is 1. The topological polar surface area (TPSA) is 52.7 Å². The van der Waals surface area contributed by atoms with Crippen molar-refractivity contribution in [2.75, 3.05) is 0 Å². The van der Waals surface area contributed by atoms with Crippen LogP contribution in [0.15, 0.2) is 65.6 Å². The van der Waals surface area contributed by atoms with Gasteiger partial charge in [0.15, 0.2) is 0 Å². The first kappa shape index (κ1) is 15.3. The SMILES string of the molecule is Cc1nn(Cc2ccc(F)cc2)c(=O)c2c1cnn2-c1ccccc1. The van der Waals surface area contributed by atoms with Crippen LogP contribution in [0.25, 0.3) is 16.6 Å². The number of aryl methyl sites for hydroxylation is 1. The largest absolute Gasteiger partial charge is 0.293 e. The van der Waals surface area contributed by atoms with Gasteiger partial charge in [-0.1, -0.05) is 30.3 Å². The summed E-state index contributed by atoms with van der Waals surface area (Å²) in [7, 11) is 0. The average Bonchev–Trinajstić information content (AvgIpc) is 3.08. The molecular weight excluding hydrogens is 319 g/mol. The first-order valence-electron chi connectivity index (χ1n) is 7.89. The van der Waals surface area contributed by atoms with Gasteiger partial charge < -0.3 is 0 Å². The molecule has 0 bridgehead atoms. The Morgan fingerprint density at radius 2 is 1.76 bits per heavy atom. The predicted molar refractivity (Wildman–Crippen MR) is 93.4 cm³/mol. The van der Waals surface area contributed by atoms with Crippen molar-refractivity contribution in [2.45, 2.75) is 13.5 Å². The molecule has 0 aliphatic heterocycles. The highest BCUT2D eigenvalue weighted by Crippen LogP contribution is 2.17. The molecule has 0 amide bonds. The summed E-state index contributed by atoms with van der Waals surface area (Å²) < 4.78 is 16.1. The summed E-state index contributed by atoms with van der Waals surface area (Å²) in [5.74, 6) is -0.308. The Morgan fingerprint density at radius 1 is 1.04 bits per heavy atom. The zero-order valence-electron chi connectivity index (χ0n) is 13.6. The highest BCUT2D eigenvalue weighted by Gasteiger charge is 2.15. The molecule has 0 atom stereocenters. The van der Waals surface area contributed by atoms with Gasteiger partial charge in [0, 0.05) is 5.39 Å². The van der Waals surface area contributed by atoms with Crippen LogP contribution in [0.3, 0.4) is 0 Å². The molecule has 0 saturated carbocycles. The number of fused-ring (bicyclic) bond motifs is 1. The molecule has 6 heteroatoms. The lowest BCUT2D eigenvalue weighted by molar-refractivity contribution is 0.617. The second-order valence-electron chi connectivity index (χ2n) is 5.83. The Kier molecular flexibility index (Phi) is 3.65. The van der Waals surface area contributed by atoms with Crippen molar-refractivity contribution < 1.29 is 4.39 Å². The van der Waals surface area contributed by atoms with Crippen molar-refractivity contribution in [2.24, 2.45) is 0 Å². The van der Waals surface area contributed by atoms with Gasteiger partial charge >= 0.3 is 0 Å². The van der Waals surface area contributed by atoms with Crippen molar-refractivity contribution in [3.8, 4) is 5.69 Å². The van der Waals surface area contributed by atoms with Crippen LogP contribution in [0, 0.1) is 12.7 Å². The zero-order valence-corrected chi connectivity index (χ0v) is 13.6. The fraction of sp³-hybridized carbons (Fsp3) is 0.105. The summed E-state index contributed by atoms with van der Waals surface area (Å²) in [5.41, 5.74) is 2.60. The van der Waals surface area contributed by atoms with E-state index in [1.165, 1.54) is 16.8 Å². The summed E-state index contributed by atoms with van der Waals surface area (Å²) in [6, 6.07) is 15.5. The first-order valence-corrected chi connectivity index (χ1v) is 7.89. The molecule has 0 unspecified atom stereocenters. The van der Waals surface area contributed by atoms with Crippen LogP contribution < -0.4 is 5.56 Å². The van der Waals surface area contributed by atoms with Crippen molar-refractivity contribution >= 4 is 10.9 Å². The Labute approximate surface area is 143 Å². The Morgan fingerprint density at radius 3 is 2.48 bits per heavy atom. The Bertz CT molecular complexity index is 1100. The third-order valence-electron chi connectivity index (χ3n) is 4.11. The van der Waals surface area contributed by atoms with E-state index in [2.05, 4.69) is 10.2 Å². The van der Waals surface area contributed by atoms with Crippen LogP contribution in [0.5, 0.6) is 0 Å². The standard InChI is InChI=1S/C19H15FN4O/c1-13-17-11-21-24(16-5-3-2-4-6-16)18(17)19(25)23(22-13)12-14-7-9-15(20)10-8-14/h2-11H,12H2,1H3. The van der Waals surface area contributed by atoms with Gasteiger partial charge in [-0.3, -0.25) is 4.79 Å². The fourth-order valence-electron chi connectivity index (χ4n) is 2.86. The first-order chi connectivity index (χ1) is 12.1. The van der Waals surface area contributed by atoms with E-state index < -0.39 is 0 Å². The normalized spacial score (nSPS) is 11.1. The molecule has 0 aliphatic carbocycles. The maximum atomic E-state index is 13.1. The summed E-state index contributed by atoms with van der Waals surface area (Å²) in [5, 5.41) is 9.47. The second kappa shape index (κ2) is 5.98. The quantitative estimate of drug-likeness (QED) is 0.578. The average molecular weight is 334 g/mol. The maximum absolute atomic E-state index is 13.1. The molecule has 124 valence electrons. The number of hydrogen-bond acceptors (Lipinski definition) is 3. The molecule has 4 rings (SSSR count). The van der Waals surface area contributed by atoms with Crippen LogP contribution >= 0.6 is 0 Å². The molecular formula is C19H15FN4O. The van der Waals surface area contributed by atoms with Crippen molar-refractivity contribution in [1.82, 2.24) is 19.6 Å². The van der Waals surface area contributed by atoms with Crippen LogP contribution in [-0.4, -0.2) is 19.6 Å². The molecule has 0 spiro atoms. The third kappa shape index (κ3) is 2.71. The van der Waals surface area contributed by atoms with Gasteiger partial charge in [-0.05, 0) is 36.8 Å². The molecule has 0 radical (unpaired) electrons. The van der Waals surface area contributed by atoms with Gasteiger partial charge in [-0.15, -0.1) is 0 Å². The minimum absolute atomic E-state index is 0.230. The summed E-state index contributed by atoms with van der Waals surface area (Å²) in [4.78, 5) is 13.0. The van der Waals surface area contributed by atoms with Crippen molar-refractivity contribution in [1.29, 1.82) is 0 Å². The van der Waals surface area contributed by atoms with E-state index in [9.17, 15) is 9.18 Å². The number of nitrogens with zero attached hydrogens (tertiary/aromatic N) is 4. The Hall–Kier alpha value is -3.28. The van der Waals surface area contributed by atoms with E-state index in [4.69, 9.17) is 0 Å². The number of rotatable bonds is 3. The molecule has 2 aromatic heterocycles. The summed E-state index contributed by atoms with van der Waals surface area (Å²) in [6.45, 7) is 2.12. The van der Waals surface area contributed by atoms with E-state index in [0.29, 0.717) is 5.52 Å². The van der Waals surface area contributed by atoms with E-state index in [1.807, 2.05) is 37.3 Å². The zero-order chi connectivity index (χ0) is 17.4. The van der Waals surface area contributed by atoms with Crippen LogP contribution in [0.4, 0.5) is 4.39 Å². The van der Waals surface area contributed by atoms with Crippen LogP contribution in [0.1, 0.15) is 11.3 Å². The molecule has 0 N–H and O–H groups in total. The predicted octanol–water partition coefficient (Wildman–Crippen LogP) is 3.08. The summed E-state index contributed by atoms with van der Waals surface area (Å²) >= 11 is 0.